The first-order chi connectivity index (χ1) is 14.5. The summed E-state index contributed by atoms with van der Waals surface area (Å²) >= 11 is 1.31. The summed E-state index contributed by atoms with van der Waals surface area (Å²) < 4.78 is 12.6. The fraction of sp³-hybridized carbons (Fsp3) is 0.333. The molecule has 1 amide bonds. The molecule has 30 heavy (non-hydrogen) atoms. The molecule has 0 N–H and O–H groups in total. The molecule has 3 aromatic rings. The van der Waals surface area contributed by atoms with Gasteiger partial charge in [0.05, 0.1) is 36.7 Å². The molecular formula is C21H23N5O3S. The molecule has 3 rings (SSSR count). The molecule has 0 saturated carbocycles. The maximum atomic E-state index is 12.9. The Hall–Kier alpha value is -3.25. The number of ether oxygens (including phenoxy) is 1. The molecule has 0 spiro atoms. The minimum Gasteiger partial charge on any atom is -0.494 e. The molecule has 8 nitrogen and oxygen atoms in total. The van der Waals surface area contributed by atoms with Crippen LogP contribution in [0.3, 0.4) is 0 Å². The van der Waals surface area contributed by atoms with Crippen molar-refractivity contribution in [3.05, 3.63) is 42.4 Å². The third kappa shape index (κ3) is 4.83. The highest BCUT2D eigenvalue weighted by Crippen LogP contribution is 2.27. The van der Waals surface area contributed by atoms with Gasteiger partial charge in [-0.3, -0.25) is 4.79 Å². The Balaban J connectivity index is 1.71. The number of amides is 1. The molecule has 0 aliphatic carbocycles. The van der Waals surface area contributed by atoms with Crippen molar-refractivity contribution in [3.8, 4) is 23.2 Å². The highest BCUT2D eigenvalue weighted by atomic mass is 32.2. The van der Waals surface area contributed by atoms with Crippen molar-refractivity contribution >= 4 is 23.4 Å². The van der Waals surface area contributed by atoms with Crippen LogP contribution in [0.1, 0.15) is 19.1 Å². The lowest BCUT2D eigenvalue weighted by Gasteiger charge is -2.22. The van der Waals surface area contributed by atoms with Gasteiger partial charge in [0.25, 0.3) is 0 Å². The van der Waals surface area contributed by atoms with E-state index in [0.717, 1.165) is 22.8 Å². The van der Waals surface area contributed by atoms with E-state index in [2.05, 4.69) is 16.3 Å². The Kier molecular flexibility index (Phi) is 7.14. The maximum absolute atomic E-state index is 12.9. The number of anilines is 1. The largest absolute Gasteiger partial charge is 0.494 e. The molecule has 0 radical (unpaired) electrons. The van der Waals surface area contributed by atoms with Crippen LogP contribution < -0.4 is 9.64 Å². The first-order valence-electron chi connectivity index (χ1n) is 9.52. The van der Waals surface area contributed by atoms with Gasteiger partial charge in [-0.1, -0.05) is 11.8 Å². The zero-order chi connectivity index (χ0) is 21.5. The second kappa shape index (κ2) is 9.98. The highest BCUT2D eigenvalue weighted by molar-refractivity contribution is 7.99. The van der Waals surface area contributed by atoms with E-state index in [-0.39, 0.29) is 18.1 Å². The molecule has 2 aromatic heterocycles. The molecule has 0 aliphatic rings. The van der Waals surface area contributed by atoms with Crippen LogP contribution in [-0.4, -0.2) is 39.6 Å². The third-order valence-electron chi connectivity index (χ3n) is 4.47. The van der Waals surface area contributed by atoms with Crippen molar-refractivity contribution in [3.63, 3.8) is 0 Å². The molecule has 1 aromatic carbocycles. The lowest BCUT2D eigenvalue weighted by molar-refractivity contribution is -0.116. The summed E-state index contributed by atoms with van der Waals surface area (Å²) in [6, 6.07) is 11.2. The van der Waals surface area contributed by atoms with Gasteiger partial charge in [-0.25, -0.2) is 0 Å². The molecule has 0 atom stereocenters. The van der Waals surface area contributed by atoms with E-state index in [1.807, 2.05) is 55.8 Å². The molecule has 0 saturated heterocycles. The number of rotatable bonds is 9. The Morgan fingerprint density at radius 2 is 2.07 bits per heavy atom. The summed E-state index contributed by atoms with van der Waals surface area (Å²) in [5, 5.41) is 18.0. The average molecular weight is 426 g/mol. The van der Waals surface area contributed by atoms with Crippen LogP contribution in [0.5, 0.6) is 5.75 Å². The van der Waals surface area contributed by atoms with Crippen LogP contribution in [0.25, 0.3) is 11.4 Å². The fourth-order valence-electron chi connectivity index (χ4n) is 2.94. The van der Waals surface area contributed by atoms with Crippen molar-refractivity contribution in [2.75, 3.05) is 23.8 Å². The van der Waals surface area contributed by atoms with Gasteiger partial charge in [0.2, 0.25) is 5.91 Å². The van der Waals surface area contributed by atoms with Gasteiger partial charge in [-0.2, -0.15) is 5.26 Å². The molecule has 0 unspecified atom stereocenters. The zero-order valence-electron chi connectivity index (χ0n) is 17.2. The first-order valence-corrected chi connectivity index (χ1v) is 10.5. The number of carbonyl (C=O) groups excluding carboxylic acids is 1. The van der Waals surface area contributed by atoms with E-state index in [1.54, 1.807) is 11.2 Å². The smallest absolute Gasteiger partial charge is 0.237 e. The predicted octanol–water partition coefficient (Wildman–Crippen LogP) is 3.82. The van der Waals surface area contributed by atoms with Crippen LogP contribution in [0.2, 0.25) is 0 Å². The number of aryl methyl sites for hydroxylation is 1. The Bertz CT molecular complexity index is 1040. The molecule has 9 heteroatoms. The van der Waals surface area contributed by atoms with Crippen molar-refractivity contribution < 1.29 is 13.9 Å². The number of benzene rings is 1. The van der Waals surface area contributed by atoms with Crippen molar-refractivity contribution in [1.29, 1.82) is 5.26 Å². The van der Waals surface area contributed by atoms with Crippen LogP contribution >= 0.6 is 11.8 Å². The molecule has 0 bridgehead atoms. The van der Waals surface area contributed by atoms with Crippen molar-refractivity contribution in [2.24, 2.45) is 7.05 Å². The lowest BCUT2D eigenvalue weighted by atomic mass is 10.2. The van der Waals surface area contributed by atoms with E-state index >= 15 is 0 Å². The SMILES string of the molecule is CCOc1ccc(N(CCC#N)C(=O)CSc2nnc(-c3ccoc3C)n2C)cc1. The number of furan rings is 1. The topological polar surface area (TPSA) is 97.2 Å². The van der Waals surface area contributed by atoms with Crippen LogP contribution in [0.15, 0.2) is 46.2 Å². The van der Waals surface area contributed by atoms with Gasteiger partial charge < -0.3 is 18.6 Å². The molecular weight excluding hydrogens is 402 g/mol. The standard InChI is InChI=1S/C21H23N5O3S/c1-4-28-17-8-6-16(7-9-17)26(12-5-11-22)19(27)14-30-21-24-23-20(25(21)3)18-10-13-29-15(18)2/h6-10,13H,4-5,12,14H2,1-3H3. The van der Waals surface area contributed by atoms with Crippen LogP contribution in [0, 0.1) is 18.3 Å². The van der Waals surface area contributed by atoms with E-state index in [4.69, 9.17) is 14.4 Å². The Morgan fingerprint density at radius 3 is 2.70 bits per heavy atom. The van der Waals surface area contributed by atoms with E-state index in [1.165, 1.54) is 11.8 Å². The molecule has 0 aliphatic heterocycles. The van der Waals surface area contributed by atoms with Crippen LogP contribution in [0.4, 0.5) is 5.69 Å². The number of nitrogens with zero attached hydrogens (tertiary/aromatic N) is 5. The Morgan fingerprint density at radius 1 is 1.30 bits per heavy atom. The van der Waals surface area contributed by atoms with Gasteiger partial charge in [0.15, 0.2) is 11.0 Å². The predicted molar refractivity (Wildman–Crippen MR) is 114 cm³/mol. The second-order valence-electron chi connectivity index (χ2n) is 6.42. The minimum atomic E-state index is -0.108. The first kappa shape index (κ1) is 21.5. The molecule has 156 valence electrons. The van der Waals surface area contributed by atoms with Crippen molar-refractivity contribution in [1.82, 2.24) is 14.8 Å². The average Bonchev–Trinajstić information content (AvgIpc) is 3.33. The van der Waals surface area contributed by atoms with Crippen molar-refractivity contribution in [2.45, 2.75) is 25.4 Å². The van der Waals surface area contributed by atoms with Crippen LogP contribution in [-0.2, 0) is 11.8 Å². The number of thioether (sulfide) groups is 1. The zero-order valence-corrected chi connectivity index (χ0v) is 18.0. The summed E-state index contributed by atoms with van der Waals surface area (Å²) in [6.45, 7) is 4.68. The van der Waals surface area contributed by atoms with E-state index in [9.17, 15) is 4.79 Å². The summed E-state index contributed by atoms with van der Waals surface area (Å²) in [5.41, 5.74) is 1.60. The van der Waals surface area contributed by atoms with E-state index in [0.29, 0.717) is 24.1 Å². The number of hydrogen-bond donors (Lipinski definition) is 0. The molecule has 0 fully saturated rings. The van der Waals surface area contributed by atoms with Gasteiger partial charge in [0, 0.05) is 19.3 Å². The van der Waals surface area contributed by atoms with Gasteiger partial charge in [-0.05, 0) is 44.2 Å². The minimum absolute atomic E-state index is 0.108. The fourth-order valence-corrected chi connectivity index (χ4v) is 3.73. The van der Waals surface area contributed by atoms with E-state index < -0.39 is 0 Å². The number of carbonyl (C=O) groups is 1. The number of nitriles is 1. The summed E-state index contributed by atoms with van der Waals surface area (Å²) in [6.07, 6.45) is 1.86. The molecule has 2 heterocycles. The van der Waals surface area contributed by atoms with Gasteiger partial charge in [0.1, 0.15) is 11.5 Å². The third-order valence-corrected chi connectivity index (χ3v) is 5.47. The summed E-state index contributed by atoms with van der Waals surface area (Å²) in [4.78, 5) is 14.5. The summed E-state index contributed by atoms with van der Waals surface area (Å²) in [7, 11) is 1.86. The normalized spacial score (nSPS) is 10.6. The summed E-state index contributed by atoms with van der Waals surface area (Å²) in [5.74, 6) is 2.25. The lowest BCUT2D eigenvalue weighted by Crippen LogP contribution is -2.33. The second-order valence-corrected chi connectivity index (χ2v) is 7.37. The number of aromatic nitrogens is 3. The number of hydrogen-bond acceptors (Lipinski definition) is 7. The monoisotopic (exact) mass is 425 g/mol. The van der Waals surface area contributed by atoms with Gasteiger partial charge in [-0.15, -0.1) is 10.2 Å². The highest BCUT2D eigenvalue weighted by Gasteiger charge is 2.19. The van der Waals surface area contributed by atoms with Gasteiger partial charge >= 0.3 is 0 Å². The Labute approximate surface area is 179 Å². The quantitative estimate of drug-likeness (QED) is 0.481. The maximum Gasteiger partial charge on any atom is 0.237 e.